The Balaban J connectivity index is 1.67. The van der Waals surface area contributed by atoms with E-state index >= 15 is 0 Å². The lowest BCUT2D eigenvalue weighted by Crippen LogP contribution is -2.37. The van der Waals surface area contributed by atoms with Crippen LogP contribution in [0.15, 0.2) is 47.3 Å². The zero-order valence-corrected chi connectivity index (χ0v) is 14.7. The molecule has 0 radical (unpaired) electrons. The number of thiazole rings is 1. The molecule has 0 fully saturated rings. The number of benzene rings is 1. The summed E-state index contributed by atoms with van der Waals surface area (Å²) in [5.74, 6) is 1.11. The zero-order chi connectivity index (χ0) is 16.5. The standard InChI is InChI=1S/C16H11BrN4O2S/c17-10-3-1-4-11-13(10)23-8-7-21(11)16(22)12-9-20-15(24-12)14-18-5-2-6-19-14/h1-6,9H,7-8H2. The Bertz CT molecular complexity index is 900. The molecular formula is C16H11BrN4O2S. The summed E-state index contributed by atoms with van der Waals surface area (Å²) in [6, 6.07) is 7.39. The average molecular weight is 403 g/mol. The Morgan fingerprint density at radius 3 is 2.88 bits per heavy atom. The van der Waals surface area contributed by atoms with E-state index in [4.69, 9.17) is 4.74 Å². The minimum atomic E-state index is -0.0997. The molecule has 0 unspecified atom stereocenters. The second kappa shape index (κ2) is 6.29. The molecule has 0 saturated carbocycles. The van der Waals surface area contributed by atoms with Crippen LogP contribution in [-0.4, -0.2) is 34.0 Å². The fraction of sp³-hybridized carbons (Fsp3) is 0.125. The van der Waals surface area contributed by atoms with Crippen LogP contribution in [-0.2, 0) is 0 Å². The van der Waals surface area contributed by atoms with E-state index in [1.54, 1.807) is 29.6 Å². The summed E-state index contributed by atoms with van der Waals surface area (Å²) in [5, 5.41) is 0.627. The number of carbonyl (C=O) groups is 1. The Kier molecular flexibility index (Phi) is 3.99. The first-order chi connectivity index (χ1) is 11.7. The number of ether oxygens (including phenoxy) is 1. The Labute approximate surface area is 150 Å². The molecule has 4 rings (SSSR count). The minimum Gasteiger partial charge on any atom is -0.488 e. The van der Waals surface area contributed by atoms with Crippen LogP contribution >= 0.6 is 27.3 Å². The molecule has 0 spiro atoms. The van der Waals surface area contributed by atoms with Crippen LogP contribution in [0.25, 0.3) is 10.8 Å². The molecule has 6 nitrogen and oxygen atoms in total. The summed E-state index contributed by atoms with van der Waals surface area (Å²) in [5.41, 5.74) is 0.756. The molecule has 0 N–H and O–H groups in total. The van der Waals surface area contributed by atoms with E-state index in [0.29, 0.717) is 34.6 Å². The molecule has 0 atom stereocenters. The van der Waals surface area contributed by atoms with Crippen molar-refractivity contribution in [1.29, 1.82) is 0 Å². The van der Waals surface area contributed by atoms with Gasteiger partial charge in [-0.1, -0.05) is 6.07 Å². The molecule has 8 heteroatoms. The topological polar surface area (TPSA) is 68.2 Å². The molecule has 0 saturated heterocycles. The third kappa shape index (κ3) is 2.67. The quantitative estimate of drug-likeness (QED) is 0.656. The number of nitrogens with zero attached hydrogens (tertiary/aromatic N) is 4. The maximum Gasteiger partial charge on any atom is 0.270 e. The van der Waals surface area contributed by atoms with E-state index in [2.05, 4.69) is 30.9 Å². The molecule has 0 aliphatic carbocycles. The van der Waals surface area contributed by atoms with Crippen molar-refractivity contribution in [3.8, 4) is 16.6 Å². The molecule has 120 valence electrons. The zero-order valence-electron chi connectivity index (χ0n) is 12.3. The number of amides is 1. The summed E-state index contributed by atoms with van der Waals surface area (Å²) < 4.78 is 6.51. The van der Waals surface area contributed by atoms with Crippen LogP contribution < -0.4 is 9.64 Å². The fourth-order valence-corrected chi connectivity index (χ4v) is 3.73. The number of hydrogen-bond donors (Lipinski definition) is 0. The van der Waals surface area contributed by atoms with Gasteiger partial charge in [0.1, 0.15) is 11.5 Å². The molecule has 3 aromatic rings. The van der Waals surface area contributed by atoms with Crippen molar-refractivity contribution in [3.63, 3.8) is 0 Å². The second-order valence-electron chi connectivity index (χ2n) is 5.00. The summed E-state index contributed by atoms with van der Waals surface area (Å²) in [4.78, 5) is 27.8. The number of anilines is 1. The molecule has 0 bridgehead atoms. The number of para-hydroxylation sites is 1. The maximum absolute atomic E-state index is 12.9. The van der Waals surface area contributed by atoms with E-state index in [1.807, 2.05) is 18.2 Å². The van der Waals surface area contributed by atoms with Gasteiger partial charge in [-0.15, -0.1) is 11.3 Å². The lowest BCUT2D eigenvalue weighted by Gasteiger charge is -2.29. The Hall–Kier alpha value is -2.32. The van der Waals surface area contributed by atoms with Crippen LogP contribution in [0, 0.1) is 0 Å². The normalized spacial score (nSPS) is 13.3. The molecule has 2 aromatic heterocycles. The predicted molar refractivity (Wildman–Crippen MR) is 94.5 cm³/mol. The van der Waals surface area contributed by atoms with Gasteiger partial charge < -0.3 is 9.64 Å². The number of rotatable bonds is 2. The highest BCUT2D eigenvalue weighted by Crippen LogP contribution is 2.39. The molecular weight excluding hydrogens is 392 g/mol. The van der Waals surface area contributed by atoms with Crippen molar-refractivity contribution in [3.05, 3.63) is 52.2 Å². The number of halogens is 1. The lowest BCUT2D eigenvalue weighted by molar-refractivity contribution is 0.0980. The van der Waals surface area contributed by atoms with E-state index in [1.165, 1.54) is 11.3 Å². The van der Waals surface area contributed by atoms with Crippen LogP contribution in [0.4, 0.5) is 5.69 Å². The highest BCUT2D eigenvalue weighted by Gasteiger charge is 2.27. The molecule has 1 amide bonds. The smallest absolute Gasteiger partial charge is 0.270 e. The highest BCUT2D eigenvalue weighted by molar-refractivity contribution is 9.10. The first kappa shape index (κ1) is 15.2. The molecule has 3 heterocycles. The van der Waals surface area contributed by atoms with Gasteiger partial charge in [0.25, 0.3) is 5.91 Å². The lowest BCUT2D eigenvalue weighted by atomic mass is 10.2. The van der Waals surface area contributed by atoms with Crippen LogP contribution in [0.5, 0.6) is 5.75 Å². The number of hydrogen-bond acceptors (Lipinski definition) is 6. The summed E-state index contributed by atoms with van der Waals surface area (Å²) >= 11 is 4.75. The largest absolute Gasteiger partial charge is 0.488 e. The Morgan fingerprint density at radius 2 is 2.04 bits per heavy atom. The summed E-state index contributed by atoms with van der Waals surface area (Å²) in [6.07, 6.45) is 4.88. The van der Waals surface area contributed by atoms with Gasteiger partial charge >= 0.3 is 0 Å². The van der Waals surface area contributed by atoms with Gasteiger partial charge in [-0.2, -0.15) is 0 Å². The molecule has 24 heavy (non-hydrogen) atoms. The van der Waals surface area contributed by atoms with Crippen molar-refractivity contribution in [2.24, 2.45) is 0 Å². The first-order valence-corrected chi connectivity index (χ1v) is 8.81. The van der Waals surface area contributed by atoms with E-state index in [0.717, 1.165) is 10.2 Å². The number of aromatic nitrogens is 3. The monoisotopic (exact) mass is 402 g/mol. The minimum absolute atomic E-state index is 0.0997. The SMILES string of the molecule is O=C(c1cnc(-c2ncccn2)s1)N1CCOc2c(Br)cccc21. The fourth-order valence-electron chi connectivity index (χ4n) is 2.44. The third-order valence-electron chi connectivity index (χ3n) is 3.52. The number of fused-ring (bicyclic) bond motifs is 1. The second-order valence-corrected chi connectivity index (χ2v) is 6.88. The van der Waals surface area contributed by atoms with Gasteiger partial charge in [-0.25, -0.2) is 15.0 Å². The van der Waals surface area contributed by atoms with Gasteiger partial charge in [0.15, 0.2) is 16.6 Å². The Morgan fingerprint density at radius 1 is 1.21 bits per heavy atom. The van der Waals surface area contributed by atoms with Crippen LogP contribution in [0.1, 0.15) is 9.67 Å². The predicted octanol–water partition coefficient (Wildman–Crippen LogP) is 3.40. The van der Waals surface area contributed by atoms with Gasteiger partial charge in [0.2, 0.25) is 0 Å². The third-order valence-corrected chi connectivity index (χ3v) is 5.12. The molecule has 1 aromatic carbocycles. The van der Waals surface area contributed by atoms with Gasteiger partial charge in [0, 0.05) is 12.4 Å². The van der Waals surface area contributed by atoms with Crippen molar-refractivity contribution in [1.82, 2.24) is 15.0 Å². The summed E-state index contributed by atoms with van der Waals surface area (Å²) in [6.45, 7) is 0.951. The van der Waals surface area contributed by atoms with Crippen LogP contribution in [0.2, 0.25) is 0 Å². The highest BCUT2D eigenvalue weighted by atomic mass is 79.9. The first-order valence-electron chi connectivity index (χ1n) is 7.20. The van der Waals surface area contributed by atoms with E-state index in [9.17, 15) is 4.79 Å². The van der Waals surface area contributed by atoms with E-state index < -0.39 is 0 Å². The van der Waals surface area contributed by atoms with Gasteiger partial charge in [-0.05, 0) is 34.1 Å². The van der Waals surface area contributed by atoms with Gasteiger partial charge in [0.05, 0.1) is 22.9 Å². The van der Waals surface area contributed by atoms with Crippen molar-refractivity contribution in [2.45, 2.75) is 0 Å². The van der Waals surface area contributed by atoms with E-state index in [-0.39, 0.29) is 5.91 Å². The van der Waals surface area contributed by atoms with Crippen molar-refractivity contribution < 1.29 is 9.53 Å². The maximum atomic E-state index is 12.9. The number of carbonyl (C=O) groups excluding carboxylic acids is 1. The summed E-state index contributed by atoms with van der Waals surface area (Å²) in [7, 11) is 0. The average Bonchev–Trinajstić information content (AvgIpc) is 3.12. The van der Waals surface area contributed by atoms with Gasteiger partial charge in [-0.3, -0.25) is 4.79 Å². The molecule has 1 aliphatic rings. The van der Waals surface area contributed by atoms with Crippen molar-refractivity contribution in [2.75, 3.05) is 18.1 Å². The molecule has 1 aliphatic heterocycles. The van der Waals surface area contributed by atoms with Crippen molar-refractivity contribution >= 4 is 38.9 Å². The van der Waals surface area contributed by atoms with Crippen LogP contribution in [0.3, 0.4) is 0 Å².